The van der Waals surface area contributed by atoms with Crippen LogP contribution in [-0.4, -0.2) is 14.8 Å². The van der Waals surface area contributed by atoms with Crippen LogP contribution in [0.4, 0.5) is 4.39 Å². The minimum absolute atomic E-state index is 0.0577. The molecule has 1 aromatic heterocycles. The second kappa shape index (κ2) is 5.59. The van der Waals surface area contributed by atoms with Crippen molar-refractivity contribution in [2.75, 3.05) is 0 Å². The van der Waals surface area contributed by atoms with Gasteiger partial charge in [0.1, 0.15) is 24.0 Å². The zero-order valence-electron chi connectivity index (χ0n) is 10.8. The van der Waals surface area contributed by atoms with E-state index in [0.29, 0.717) is 12.1 Å². The van der Waals surface area contributed by atoms with E-state index in [1.165, 1.54) is 6.07 Å². The standard InChI is InChI=1S/C13H14FN5/c1-9(13-18-17-8-19(13)2)16-7-11-5-3-4-10(6-15)12(11)14/h3-5,8-9,16H,7H2,1-2H3. The molecule has 0 saturated carbocycles. The van der Waals surface area contributed by atoms with Gasteiger partial charge in [-0.15, -0.1) is 10.2 Å². The van der Waals surface area contributed by atoms with Crippen LogP contribution in [0.1, 0.15) is 29.9 Å². The Morgan fingerprint density at radius 2 is 2.32 bits per heavy atom. The van der Waals surface area contributed by atoms with E-state index in [9.17, 15) is 4.39 Å². The minimum Gasteiger partial charge on any atom is -0.319 e. The Bertz CT molecular complexity index is 614. The van der Waals surface area contributed by atoms with E-state index in [-0.39, 0.29) is 11.6 Å². The number of nitriles is 1. The quantitative estimate of drug-likeness (QED) is 0.907. The molecule has 1 atom stereocenters. The van der Waals surface area contributed by atoms with Crippen LogP contribution in [0.2, 0.25) is 0 Å². The van der Waals surface area contributed by atoms with Crippen molar-refractivity contribution in [3.63, 3.8) is 0 Å². The molecule has 0 spiro atoms. The lowest BCUT2D eigenvalue weighted by Gasteiger charge is -2.13. The third-order valence-electron chi connectivity index (χ3n) is 2.93. The van der Waals surface area contributed by atoms with Crippen LogP contribution in [0.5, 0.6) is 0 Å². The van der Waals surface area contributed by atoms with Crippen LogP contribution in [0.3, 0.4) is 0 Å². The van der Waals surface area contributed by atoms with E-state index >= 15 is 0 Å². The zero-order chi connectivity index (χ0) is 13.8. The van der Waals surface area contributed by atoms with Crippen molar-refractivity contribution >= 4 is 0 Å². The summed E-state index contributed by atoms with van der Waals surface area (Å²) >= 11 is 0. The molecule has 0 saturated heterocycles. The Labute approximate surface area is 110 Å². The van der Waals surface area contributed by atoms with Gasteiger partial charge >= 0.3 is 0 Å². The fourth-order valence-electron chi connectivity index (χ4n) is 1.84. The SMILES string of the molecule is CC(NCc1cccc(C#N)c1F)c1nncn1C. The van der Waals surface area contributed by atoms with Crippen LogP contribution in [-0.2, 0) is 13.6 Å². The maximum absolute atomic E-state index is 13.8. The highest BCUT2D eigenvalue weighted by Crippen LogP contribution is 2.14. The molecule has 0 bridgehead atoms. The molecule has 1 heterocycles. The number of hydrogen-bond donors (Lipinski definition) is 1. The zero-order valence-corrected chi connectivity index (χ0v) is 10.8. The molecule has 0 aliphatic rings. The van der Waals surface area contributed by atoms with Gasteiger partial charge in [0.2, 0.25) is 0 Å². The van der Waals surface area contributed by atoms with Crippen molar-refractivity contribution in [3.8, 4) is 6.07 Å². The average Bonchev–Trinajstić information content (AvgIpc) is 2.83. The van der Waals surface area contributed by atoms with E-state index in [0.717, 1.165) is 5.82 Å². The van der Waals surface area contributed by atoms with Gasteiger partial charge in [-0.05, 0) is 13.0 Å². The van der Waals surface area contributed by atoms with Gasteiger partial charge in [0.25, 0.3) is 0 Å². The second-order valence-corrected chi connectivity index (χ2v) is 4.29. The predicted molar refractivity (Wildman–Crippen MR) is 67.4 cm³/mol. The lowest BCUT2D eigenvalue weighted by molar-refractivity contribution is 0.512. The third kappa shape index (κ3) is 2.77. The lowest BCUT2D eigenvalue weighted by atomic mass is 10.1. The minimum atomic E-state index is -0.470. The first-order valence-electron chi connectivity index (χ1n) is 5.88. The molecule has 1 unspecified atom stereocenters. The number of hydrogen-bond acceptors (Lipinski definition) is 4. The lowest BCUT2D eigenvalue weighted by Crippen LogP contribution is -2.21. The first-order chi connectivity index (χ1) is 9.13. The monoisotopic (exact) mass is 259 g/mol. The van der Waals surface area contributed by atoms with E-state index < -0.39 is 5.82 Å². The molecule has 6 heteroatoms. The van der Waals surface area contributed by atoms with Crippen LogP contribution in [0, 0.1) is 17.1 Å². The molecular formula is C13H14FN5. The summed E-state index contributed by atoms with van der Waals surface area (Å²) in [6, 6.07) is 6.57. The summed E-state index contributed by atoms with van der Waals surface area (Å²) in [4.78, 5) is 0. The maximum atomic E-state index is 13.8. The molecule has 19 heavy (non-hydrogen) atoms. The van der Waals surface area contributed by atoms with Gasteiger partial charge in [0.05, 0.1) is 11.6 Å². The molecule has 1 N–H and O–H groups in total. The van der Waals surface area contributed by atoms with Crippen molar-refractivity contribution in [2.24, 2.45) is 7.05 Å². The molecule has 98 valence electrons. The fourth-order valence-corrected chi connectivity index (χ4v) is 1.84. The van der Waals surface area contributed by atoms with Gasteiger partial charge in [-0.2, -0.15) is 5.26 Å². The Morgan fingerprint density at radius 1 is 1.53 bits per heavy atom. The Kier molecular flexibility index (Phi) is 3.88. The van der Waals surface area contributed by atoms with Crippen LogP contribution < -0.4 is 5.32 Å². The van der Waals surface area contributed by atoms with Crippen molar-refractivity contribution < 1.29 is 4.39 Å². The summed E-state index contributed by atoms with van der Waals surface area (Å²) in [7, 11) is 1.85. The molecule has 0 aliphatic heterocycles. The van der Waals surface area contributed by atoms with Crippen LogP contribution >= 0.6 is 0 Å². The van der Waals surface area contributed by atoms with Crippen molar-refractivity contribution in [1.82, 2.24) is 20.1 Å². The van der Waals surface area contributed by atoms with Crippen molar-refractivity contribution in [3.05, 3.63) is 47.3 Å². The number of rotatable bonds is 4. The fraction of sp³-hybridized carbons (Fsp3) is 0.308. The normalized spacial score (nSPS) is 12.1. The first kappa shape index (κ1) is 13.2. The molecule has 1 aromatic carbocycles. The largest absolute Gasteiger partial charge is 0.319 e. The molecule has 0 radical (unpaired) electrons. The summed E-state index contributed by atoms with van der Waals surface area (Å²) in [5.41, 5.74) is 0.527. The molecule has 2 rings (SSSR count). The highest BCUT2D eigenvalue weighted by Gasteiger charge is 2.12. The molecule has 2 aromatic rings. The average molecular weight is 259 g/mol. The number of halogens is 1. The third-order valence-corrected chi connectivity index (χ3v) is 2.93. The van der Waals surface area contributed by atoms with Gasteiger partial charge in [0.15, 0.2) is 0 Å². The van der Waals surface area contributed by atoms with Crippen molar-refractivity contribution in [2.45, 2.75) is 19.5 Å². The van der Waals surface area contributed by atoms with E-state index in [1.807, 2.05) is 20.0 Å². The highest BCUT2D eigenvalue weighted by molar-refractivity contribution is 5.34. The first-order valence-corrected chi connectivity index (χ1v) is 5.88. The van der Waals surface area contributed by atoms with Gasteiger partial charge in [-0.3, -0.25) is 0 Å². The summed E-state index contributed by atoms with van der Waals surface area (Å²) in [5, 5.41) is 19.7. The van der Waals surface area contributed by atoms with Crippen LogP contribution in [0.15, 0.2) is 24.5 Å². The summed E-state index contributed by atoms with van der Waals surface area (Å²) in [6.07, 6.45) is 1.62. The summed E-state index contributed by atoms with van der Waals surface area (Å²) < 4.78 is 15.7. The smallest absolute Gasteiger partial charge is 0.149 e. The Hall–Kier alpha value is -2.26. The highest BCUT2D eigenvalue weighted by atomic mass is 19.1. The Morgan fingerprint density at radius 3 is 2.95 bits per heavy atom. The molecular weight excluding hydrogens is 245 g/mol. The molecule has 0 aliphatic carbocycles. The van der Waals surface area contributed by atoms with E-state index in [4.69, 9.17) is 5.26 Å². The summed E-state index contributed by atoms with van der Waals surface area (Å²) in [6.45, 7) is 2.26. The number of aromatic nitrogens is 3. The van der Waals surface area contributed by atoms with E-state index in [1.54, 1.807) is 23.0 Å². The topological polar surface area (TPSA) is 66.5 Å². The van der Waals surface area contributed by atoms with Gasteiger partial charge in [0, 0.05) is 19.2 Å². The predicted octanol–water partition coefficient (Wildman–Crippen LogP) is 1.68. The molecule has 0 fully saturated rings. The number of nitrogens with one attached hydrogen (secondary N) is 1. The van der Waals surface area contributed by atoms with Gasteiger partial charge in [-0.1, -0.05) is 12.1 Å². The molecule has 5 nitrogen and oxygen atoms in total. The van der Waals surface area contributed by atoms with Gasteiger partial charge < -0.3 is 9.88 Å². The second-order valence-electron chi connectivity index (χ2n) is 4.29. The summed E-state index contributed by atoms with van der Waals surface area (Å²) in [5.74, 6) is 0.305. The Balaban J connectivity index is 2.08. The van der Waals surface area contributed by atoms with Gasteiger partial charge in [-0.25, -0.2) is 4.39 Å². The molecule has 0 amide bonds. The number of aryl methyl sites for hydroxylation is 1. The van der Waals surface area contributed by atoms with Crippen molar-refractivity contribution in [1.29, 1.82) is 5.26 Å². The number of nitrogens with zero attached hydrogens (tertiary/aromatic N) is 4. The number of benzene rings is 1. The maximum Gasteiger partial charge on any atom is 0.149 e. The van der Waals surface area contributed by atoms with Crippen LogP contribution in [0.25, 0.3) is 0 Å². The van der Waals surface area contributed by atoms with E-state index in [2.05, 4.69) is 15.5 Å².